The number of rotatable bonds is 5. The van der Waals surface area contributed by atoms with Gasteiger partial charge in [0.1, 0.15) is 11.6 Å². The molecule has 0 aliphatic rings. The van der Waals surface area contributed by atoms with E-state index < -0.39 is 0 Å². The fourth-order valence-corrected chi connectivity index (χ4v) is 2.42. The average Bonchev–Trinajstić information content (AvgIpc) is 2.53. The highest BCUT2D eigenvalue weighted by atomic mass is 32.1. The van der Waals surface area contributed by atoms with Crippen LogP contribution in [0.25, 0.3) is 0 Å². The zero-order valence-electron chi connectivity index (χ0n) is 13.1. The quantitative estimate of drug-likeness (QED) is 0.821. The van der Waals surface area contributed by atoms with Crippen molar-refractivity contribution in [3.05, 3.63) is 53.7 Å². The summed E-state index contributed by atoms with van der Waals surface area (Å²) in [5.74, 6) is 1.60. The first kappa shape index (κ1) is 16.2. The first-order valence-electron chi connectivity index (χ1n) is 7.26. The summed E-state index contributed by atoms with van der Waals surface area (Å²) < 4.78 is 5.19. The molecule has 5 heteroatoms. The lowest BCUT2D eigenvalue weighted by Gasteiger charge is -2.20. The molecule has 0 aliphatic heterocycles. The lowest BCUT2D eigenvalue weighted by atomic mass is 10.0. The molecule has 22 heavy (non-hydrogen) atoms. The molecule has 0 bridgehead atoms. The van der Waals surface area contributed by atoms with Crippen molar-refractivity contribution in [2.45, 2.75) is 26.3 Å². The smallest absolute Gasteiger partial charge is 0.172 e. The van der Waals surface area contributed by atoms with Gasteiger partial charge in [-0.2, -0.15) is 0 Å². The molecular weight excluding hydrogens is 294 g/mol. The van der Waals surface area contributed by atoms with Crippen LogP contribution in [0.15, 0.2) is 42.6 Å². The maximum Gasteiger partial charge on any atom is 0.172 e. The van der Waals surface area contributed by atoms with Gasteiger partial charge in [-0.05, 0) is 61.0 Å². The van der Waals surface area contributed by atoms with E-state index in [9.17, 15) is 0 Å². The van der Waals surface area contributed by atoms with Crippen molar-refractivity contribution < 1.29 is 4.74 Å². The summed E-state index contributed by atoms with van der Waals surface area (Å²) in [5, 5.41) is 7.02. The Kier molecular flexibility index (Phi) is 5.72. The van der Waals surface area contributed by atoms with Crippen molar-refractivity contribution in [1.29, 1.82) is 0 Å². The Morgan fingerprint density at radius 1 is 1.27 bits per heavy atom. The molecule has 0 spiro atoms. The highest BCUT2D eigenvalue weighted by molar-refractivity contribution is 7.80. The van der Waals surface area contributed by atoms with Gasteiger partial charge in [0.2, 0.25) is 0 Å². The Labute approximate surface area is 136 Å². The molecule has 0 radical (unpaired) electrons. The zero-order valence-corrected chi connectivity index (χ0v) is 13.9. The fraction of sp³-hybridized carbons (Fsp3) is 0.294. The van der Waals surface area contributed by atoms with Crippen LogP contribution in [0, 0.1) is 6.92 Å². The number of aryl methyl sites for hydroxylation is 1. The minimum absolute atomic E-state index is 0.149. The Balaban J connectivity index is 2.01. The van der Waals surface area contributed by atoms with Gasteiger partial charge in [0, 0.05) is 6.20 Å². The topological polar surface area (TPSA) is 46.2 Å². The number of aromatic nitrogens is 1. The standard InChI is InChI=1S/C17H21N3OS/c1-4-15(13-5-7-14(21-3)8-6-13)19-17(22)20-16-11-12(2)9-10-18-16/h5-11,15H,4H2,1-3H3,(H2,18,19,20,22)/t15-/m1/s1. The molecule has 2 N–H and O–H groups in total. The molecule has 2 rings (SSSR count). The predicted molar refractivity (Wildman–Crippen MR) is 94.4 cm³/mol. The van der Waals surface area contributed by atoms with Gasteiger partial charge in [-0.15, -0.1) is 0 Å². The third-order valence-electron chi connectivity index (χ3n) is 3.39. The van der Waals surface area contributed by atoms with Crippen molar-refractivity contribution in [2.24, 2.45) is 0 Å². The highest BCUT2D eigenvalue weighted by Crippen LogP contribution is 2.20. The third kappa shape index (κ3) is 4.43. The average molecular weight is 315 g/mol. The summed E-state index contributed by atoms with van der Waals surface area (Å²) in [6.07, 6.45) is 2.69. The first-order chi connectivity index (χ1) is 10.6. The molecular formula is C17H21N3OS. The number of nitrogens with zero attached hydrogens (tertiary/aromatic N) is 1. The van der Waals surface area contributed by atoms with Crippen LogP contribution in [-0.4, -0.2) is 17.2 Å². The highest BCUT2D eigenvalue weighted by Gasteiger charge is 2.11. The van der Waals surface area contributed by atoms with Crippen LogP contribution in [0.2, 0.25) is 0 Å². The predicted octanol–water partition coefficient (Wildman–Crippen LogP) is 3.84. The molecule has 0 saturated heterocycles. The molecule has 0 unspecified atom stereocenters. The maximum absolute atomic E-state index is 5.38. The second kappa shape index (κ2) is 7.75. The van der Waals surface area contributed by atoms with Crippen LogP contribution in [-0.2, 0) is 0 Å². The van der Waals surface area contributed by atoms with Gasteiger partial charge in [0.15, 0.2) is 5.11 Å². The third-order valence-corrected chi connectivity index (χ3v) is 3.61. The summed E-state index contributed by atoms with van der Waals surface area (Å²) in [5.41, 5.74) is 2.31. The summed E-state index contributed by atoms with van der Waals surface area (Å²) in [4.78, 5) is 4.25. The molecule has 2 aromatic rings. The lowest BCUT2D eigenvalue weighted by molar-refractivity contribution is 0.414. The Bertz CT molecular complexity index is 628. The largest absolute Gasteiger partial charge is 0.497 e. The van der Waals surface area contributed by atoms with Crippen LogP contribution in [0.5, 0.6) is 5.75 Å². The van der Waals surface area contributed by atoms with E-state index >= 15 is 0 Å². The summed E-state index contributed by atoms with van der Waals surface area (Å²) in [6.45, 7) is 4.14. The minimum Gasteiger partial charge on any atom is -0.497 e. The molecule has 1 heterocycles. The van der Waals surface area contributed by atoms with Crippen molar-refractivity contribution in [2.75, 3.05) is 12.4 Å². The molecule has 0 fully saturated rings. The van der Waals surface area contributed by atoms with E-state index in [-0.39, 0.29) is 6.04 Å². The van der Waals surface area contributed by atoms with Crippen LogP contribution in [0.4, 0.5) is 5.82 Å². The van der Waals surface area contributed by atoms with E-state index in [0.717, 1.165) is 23.6 Å². The minimum atomic E-state index is 0.149. The Morgan fingerprint density at radius 2 is 2.00 bits per heavy atom. The van der Waals surface area contributed by atoms with Gasteiger partial charge < -0.3 is 15.4 Å². The van der Waals surface area contributed by atoms with Crippen molar-refractivity contribution in [3.63, 3.8) is 0 Å². The van der Waals surface area contributed by atoms with Gasteiger partial charge in [0.25, 0.3) is 0 Å². The van der Waals surface area contributed by atoms with Crippen molar-refractivity contribution >= 4 is 23.1 Å². The van der Waals surface area contributed by atoms with E-state index in [4.69, 9.17) is 17.0 Å². The molecule has 0 amide bonds. The van der Waals surface area contributed by atoms with Crippen LogP contribution < -0.4 is 15.4 Å². The maximum atomic E-state index is 5.38. The number of thiocarbonyl (C=S) groups is 1. The Hall–Kier alpha value is -2.14. The van der Waals surface area contributed by atoms with Crippen LogP contribution >= 0.6 is 12.2 Å². The number of hydrogen-bond donors (Lipinski definition) is 2. The van der Waals surface area contributed by atoms with Crippen LogP contribution in [0.1, 0.15) is 30.5 Å². The van der Waals surface area contributed by atoms with Gasteiger partial charge >= 0.3 is 0 Å². The number of ether oxygens (including phenoxy) is 1. The SMILES string of the molecule is CC[C@@H](NC(=S)Nc1cc(C)ccn1)c1ccc(OC)cc1. The van der Waals surface area contributed by atoms with Gasteiger partial charge in [-0.25, -0.2) is 4.98 Å². The number of nitrogens with one attached hydrogen (secondary N) is 2. The number of hydrogen-bond acceptors (Lipinski definition) is 3. The molecule has 4 nitrogen and oxygen atoms in total. The molecule has 1 aromatic heterocycles. The molecule has 1 atom stereocenters. The second-order valence-electron chi connectivity index (χ2n) is 5.05. The number of pyridine rings is 1. The molecule has 0 aliphatic carbocycles. The van der Waals surface area contributed by atoms with Gasteiger partial charge in [0.05, 0.1) is 13.2 Å². The van der Waals surface area contributed by atoms with Crippen LogP contribution in [0.3, 0.4) is 0 Å². The number of methoxy groups -OCH3 is 1. The zero-order chi connectivity index (χ0) is 15.9. The molecule has 1 aromatic carbocycles. The number of anilines is 1. The number of benzene rings is 1. The van der Waals surface area contributed by atoms with E-state index in [2.05, 4.69) is 22.5 Å². The summed E-state index contributed by atoms with van der Waals surface area (Å²) in [6, 6.07) is 12.1. The Morgan fingerprint density at radius 3 is 2.59 bits per heavy atom. The lowest BCUT2D eigenvalue weighted by Crippen LogP contribution is -2.32. The normalized spacial score (nSPS) is 11.6. The summed E-state index contributed by atoms with van der Waals surface area (Å²) in [7, 11) is 1.67. The van der Waals surface area contributed by atoms with E-state index in [1.54, 1.807) is 13.3 Å². The first-order valence-corrected chi connectivity index (χ1v) is 7.67. The van der Waals surface area contributed by atoms with E-state index in [1.807, 2.05) is 43.3 Å². The van der Waals surface area contributed by atoms with Gasteiger partial charge in [-0.1, -0.05) is 19.1 Å². The summed E-state index contributed by atoms with van der Waals surface area (Å²) >= 11 is 5.38. The molecule has 0 saturated carbocycles. The van der Waals surface area contributed by atoms with Gasteiger partial charge in [-0.3, -0.25) is 0 Å². The van der Waals surface area contributed by atoms with E-state index in [1.165, 1.54) is 5.56 Å². The fourth-order valence-electron chi connectivity index (χ4n) is 2.17. The monoisotopic (exact) mass is 315 g/mol. The second-order valence-corrected chi connectivity index (χ2v) is 5.46. The van der Waals surface area contributed by atoms with E-state index in [0.29, 0.717) is 5.11 Å². The molecule has 116 valence electrons. The van der Waals surface area contributed by atoms with Crippen molar-refractivity contribution in [3.8, 4) is 5.75 Å². The van der Waals surface area contributed by atoms with Crippen molar-refractivity contribution in [1.82, 2.24) is 10.3 Å².